The van der Waals surface area contributed by atoms with Gasteiger partial charge in [0.05, 0.1) is 12.6 Å². The molecule has 5 rings (SSSR count). The van der Waals surface area contributed by atoms with Crippen LogP contribution in [0, 0.1) is 0 Å². The molecular weight excluding hydrogens is 396 g/mol. The Morgan fingerprint density at radius 1 is 0.781 bits per heavy atom. The minimum Gasteiger partial charge on any atom is -0.497 e. The Bertz CT molecular complexity index is 1320. The Balaban J connectivity index is 1.46. The van der Waals surface area contributed by atoms with Crippen LogP contribution in [0.25, 0.3) is 22.3 Å². The molecule has 0 unspecified atom stereocenters. The molecule has 0 radical (unpaired) electrons. The molecule has 0 bridgehead atoms. The van der Waals surface area contributed by atoms with Gasteiger partial charge in [-0.1, -0.05) is 30.3 Å². The van der Waals surface area contributed by atoms with Gasteiger partial charge in [-0.2, -0.15) is 0 Å². The number of benzene rings is 3. The molecule has 0 fully saturated rings. The Labute approximate surface area is 187 Å². The first kappa shape index (κ1) is 19.7. The van der Waals surface area contributed by atoms with Crippen LogP contribution in [0.4, 0.5) is 11.4 Å². The van der Waals surface area contributed by atoms with E-state index in [1.54, 1.807) is 7.11 Å². The normalized spacial score (nSPS) is 10.8. The van der Waals surface area contributed by atoms with Crippen molar-refractivity contribution in [1.29, 1.82) is 0 Å². The first-order valence-electron chi connectivity index (χ1n) is 10.4. The number of methoxy groups -OCH3 is 1. The van der Waals surface area contributed by atoms with Crippen LogP contribution in [0.15, 0.2) is 104 Å². The lowest BCUT2D eigenvalue weighted by Crippen LogP contribution is -2.16. The zero-order chi connectivity index (χ0) is 21.8. The molecule has 0 atom stereocenters. The van der Waals surface area contributed by atoms with E-state index in [0.29, 0.717) is 0 Å². The van der Waals surface area contributed by atoms with Gasteiger partial charge in [0.2, 0.25) is 0 Å². The van der Waals surface area contributed by atoms with E-state index in [1.807, 2.05) is 67.1 Å². The zero-order valence-electron chi connectivity index (χ0n) is 17.7. The predicted octanol–water partition coefficient (Wildman–Crippen LogP) is 6.04. The van der Waals surface area contributed by atoms with Gasteiger partial charge >= 0.3 is 0 Å². The monoisotopic (exact) mass is 418 g/mol. The van der Waals surface area contributed by atoms with Crippen molar-refractivity contribution in [3.8, 4) is 17.1 Å². The van der Waals surface area contributed by atoms with E-state index < -0.39 is 0 Å². The summed E-state index contributed by atoms with van der Waals surface area (Å²) in [5.74, 6) is 1.57. The molecular formula is C27H22N4O. The molecule has 5 nitrogen and oxygen atoms in total. The van der Waals surface area contributed by atoms with E-state index in [1.165, 1.54) is 5.56 Å². The van der Waals surface area contributed by atoms with Crippen LogP contribution < -0.4 is 9.64 Å². The third-order valence-corrected chi connectivity index (χ3v) is 5.40. The second-order valence-electron chi connectivity index (χ2n) is 7.44. The van der Waals surface area contributed by atoms with Crippen LogP contribution in [0.2, 0.25) is 0 Å². The van der Waals surface area contributed by atoms with Crippen molar-refractivity contribution in [1.82, 2.24) is 15.0 Å². The standard InChI is InChI=1S/C27H22N4O/c1-32-25-12-6-20(7-13-25)19-31(24-14-16-28-17-15-24)23-10-8-21(9-11-23)27-29-18-22-4-2-3-5-26(22)30-27/h2-18H,19H2,1H3. The summed E-state index contributed by atoms with van der Waals surface area (Å²) in [6.07, 6.45) is 5.50. The molecule has 0 saturated heterocycles. The molecule has 0 aliphatic heterocycles. The fourth-order valence-corrected chi connectivity index (χ4v) is 3.67. The van der Waals surface area contributed by atoms with Crippen molar-refractivity contribution in [3.63, 3.8) is 0 Å². The van der Waals surface area contributed by atoms with Gasteiger partial charge in [0.1, 0.15) is 5.75 Å². The first-order chi connectivity index (χ1) is 15.8. The fraction of sp³-hybridized carbons (Fsp3) is 0.0741. The fourth-order valence-electron chi connectivity index (χ4n) is 3.67. The molecule has 0 spiro atoms. The summed E-state index contributed by atoms with van der Waals surface area (Å²) < 4.78 is 5.29. The summed E-state index contributed by atoms with van der Waals surface area (Å²) in [6.45, 7) is 0.722. The predicted molar refractivity (Wildman–Crippen MR) is 128 cm³/mol. The van der Waals surface area contributed by atoms with E-state index in [-0.39, 0.29) is 0 Å². The highest BCUT2D eigenvalue weighted by atomic mass is 16.5. The molecule has 3 aromatic carbocycles. The van der Waals surface area contributed by atoms with Crippen LogP contribution in [-0.2, 0) is 6.54 Å². The first-order valence-corrected chi connectivity index (χ1v) is 10.4. The maximum atomic E-state index is 5.29. The van der Waals surface area contributed by atoms with Gasteiger partial charge in [0.15, 0.2) is 5.82 Å². The highest BCUT2D eigenvalue weighted by Crippen LogP contribution is 2.29. The molecule has 0 saturated carbocycles. The molecule has 2 aromatic heterocycles. The van der Waals surface area contributed by atoms with Crippen molar-refractivity contribution in [2.75, 3.05) is 12.0 Å². The molecule has 2 heterocycles. The molecule has 0 N–H and O–H groups in total. The lowest BCUT2D eigenvalue weighted by molar-refractivity contribution is 0.414. The minimum atomic E-state index is 0.722. The van der Waals surface area contributed by atoms with Crippen molar-refractivity contribution < 1.29 is 4.74 Å². The number of ether oxygens (including phenoxy) is 1. The summed E-state index contributed by atoms with van der Waals surface area (Å²) >= 11 is 0. The third-order valence-electron chi connectivity index (χ3n) is 5.40. The highest BCUT2D eigenvalue weighted by molar-refractivity contribution is 5.79. The number of pyridine rings is 1. The molecule has 0 amide bonds. The van der Waals surface area contributed by atoms with Crippen LogP contribution in [0.3, 0.4) is 0 Å². The van der Waals surface area contributed by atoms with E-state index in [9.17, 15) is 0 Å². The number of para-hydroxylation sites is 1. The summed E-state index contributed by atoms with van der Waals surface area (Å²) in [6, 6.07) is 28.6. The Morgan fingerprint density at radius 3 is 2.25 bits per heavy atom. The van der Waals surface area contributed by atoms with E-state index in [0.717, 1.165) is 46.0 Å². The van der Waals surface area contributed by atoms with Crippen molar-refractivity contribution in [3.05, 3.63) is 109 Å². The molecule has 5 heteroatoms. The Hall–Kier alpha value is -4.25. The van der Waals surface area contributed by atoms with Crippen molar-refractivity contribution in [2.45, 2.75) is 6.54 Å². The van der Waals surface area contributed by atoms with E-state index >= 15 is 0 Å². The third kappa shape index (κ3) is 4.14. The molecule has 5 aromatic rings. The number of aromatic nitrogens is 3. The van der Waals surface area contributed by atoms with Gasteiger partial charge in [-0.05, 0) is 60.2 Å². The molecule has 0 aliphatic rings. The second kappa shape index (κ2) is 8.86. The smallest absolute Gasteiger partial charge is 0.159 e. The lowest BCUT2D eigenvalue weighted by Gasteiger charge is -2.25. The van der Waals surface area contributed by atoms with Crippen LogP contribution in [0.1, 0.15) is 5.56 Å². The Morgan fingerprint density at radius 2 is 1.50 bits per heavy atom. The van der Waals surface area contributed by atoms with Gasteiger partial charge in [-0.25, -0.2) is 9.97 Å². The maximum Gasteiger partial charge on any atom is 0.159 e. The highest BCUT2D eigenvalue weighted by Gasteiger charge is 2.12. The van der Waals surface area contributed by atoms with E-state index in [2.05, 4.69) is 51.3 Å². The summed E-state index contributed by atoms with van der Waals surface area (Å²) in [4.78, 5) is 15.7. The van der Waals surface area contributed by atoms with Crippen LogP contribution in [-0.4, -0.2) is 22.1 Å². The second-order valence-corrected chi connectivity index (χ2v) is 7.44. The van der Waals surface area contributed by atoms with Gasteiger partial charge in [-0.3, -0.25) is 4.98 Å². The molecule has 156 valence electrons. The summed E-state index contributed by atoms with van der Waals surface area (Å²) in [5.41, 5.74) is 5.27. The van der Waals surface area contributed by atoms with Crippen LogP contribution in [0.5, 0.6) is 5.75 Å². The van der Waals surface area contributed by atoms with Gasteiger partial charge in [0.25, 0.3) is 0 Å². The number of hydrogen-bond donors (Lipinski definition) is 0. The van der Waals surface area contributed by atoms with Crippen molar-refractivity contribution >= 4 is 22.3 Å². The number of anilines is 2. The number of rotatable bonds is 6. The average molecular weight is 419 g/mol. The maximum absolute atomic E-state index is 5.29. The number of hydrogen-bond acceptors (Lipinski definition) is 5. The van der Waals surface area contributed by atoms with Crippen LogP contribution >= 0.6 is 0 Å². The lowest BCUT2D eigenvalue weighted by atomic mass is 10.1. The topological polar surface area (TPSA) is 51.1 Å². The molecule has 0 aliphatic carbocycles. The number of fused-ring (bicyclic) bond motifs is 1. The quantitative estimate of drug-likeness (QED) is 0.337. The zero-order valence-corrected chi connectivity index (χ0v) is 17.7. The van der Waals surface area contributed by atoms with Gasteiger partial charge in [0, 0.05) is 47.5 Å². The minimum absolute atomic E-state index is 0.722. The summed E-state index contributed by atoms with van der Waals surface area (Å²) in [7, 11) is 1.68. The number of nitrogens with zero attached hydrogens (tertiary/aromatic N) is 4. The average Bonchev–Trinajstić information content (AvgIpc) is 2.88. The van der Waals surface area contributed by atoms with E-state index in [4.69, 9.17) is 9.72 Å². The Kier molecular flexibility index (Phi) is 5.45. The van der Waals surface area contributed by atoms with Crippen molar-refractivity contribution in [2.24, 2.45) is 0 Å². The van der Waals surface area contributed by atoms with Gasteiger partial charge < -0.3 is 9.64 Å². The largest absolute Gasteiger partial charge is 0.497 e. The summed E-state index contributed by atoms with van der Waals surface area (Å²) in [5, 5.41) is 1.04. The van der Waals surface area contributed by atoms with Gasteiger partial charge in [-0.15, -0.1) is 0 Å². The SMILES string of the molecule is COc1ccc(CN(c2ccncc2)c2ccc(-c3ncc4ccccc4n3)cc2)cc1. The molecule has 32 heavy (non-hydrogen) atoms.